The number of hydrogen-bond acceptors (Lipinski definition) is 5. The fraction of sp³-hybridized carbons (Fsp3) is 0.385. The topological polar surface area (TPSA) is 81.9 Å². The van der Waals surface area contributed by atoms with Crippen LogP contribution in [0.25, 0.3) is 0 Å². The normalized spacial score (nSPS) is 11.9. The lowest BCUT2D eigenvalue weighted by Crippen LogP contribution is -2.30. The Hall–Kier alpha value is -2.44. The number of carbonyl (C=O) groups is 1. The number of benzene rings is 1. The van der Waals surface area contributed by atoms with Crippen LogP contribution in [0.3, 0.4) is 0 Å². The molecule has 1 atom stereocenters. The van der Waals surface area contributed by atoms with Crippen LogP contribution in [0, 0.1) is 0 Å². The SMILES string of the molecule is CCOc1ccc([C@H](C)NC(=O)Cn2cnnn2)cc1. The van der Waals surface area contributed by atoms with Crippen LogP contribution >= 0.6 is 0 Å². The van der Waals surface area contributed by atoms with Crippen molar-refractivity contribution >= 4 is 5.91 Å². The second-order valence-electron chi connectivity index (χ2n) is 4.30. The van der Waals surface area contributed by atoms with Gasteiger partial charge in [0.05, 0.1) is 12.6 Å². The first-order valence-electron chi connectivity index (χ1n) is 6.42. The molecule has 0 bridgehead atoms. The molecule has 1 aromatic carbocycles. The summed E-state index contributed by atoms with van der Waals surface area (Å²) in [4.78, 5) is 11.8. The number of hydrogen-bond donors (Lipinski definition) is 1. The molecule has 2 aromatic rings. The van der Waals surface area contributed by atoms with E-state index in [0.29, 0.717) is 6.61 Å². The Morgan fingerprint density at radius 1 is 1.40 bits per heavy atom. The molecule has 0 spiro atoms. The van der Waals surface area contributed by atoms with E-state index in [0.717, 1.165) is 11.3 Å². The van der Waals surface area contributed by atoms with E-state index in [1.54, 1.807) is 0 Å². The van der Waals surface area contributed by atoms with Gasteiger partial charge in [-0.15, -0.1) is 5.10 Å². The number of tetrazole rings is 1. The molecule has 20 heavy (non-hydrogen) atoms. The van der Waals surface area contributed by atoms with Gasteiger partial charge in [0.1, 0.15) is 18.6 Å². The molecule has 0 saturated heterocycles. The van der Waals surface area contributed by atoms with Gasteiger partial charge >= 0.3 is 0 Å². The standard InChI is InChI=1S/C13H17N5O2/c1-3-20-12-6-4-11(5-7-12)10(2)15-13(19)8-18-9-14-16-17-18/h4-7,9-10H,3,8H2,1-2H3,(H,15,19)/t10-/m0/s1. The molecule has 1 N–H and O–H groups in total. The highest BCUT2D eigenvalue weighted by molar-refractivity contribution is 5.76. The minimum Gasteiger partial charge on any atom is -0.494 e. The lowest BCUT2D eigenvalue weighted by molar-refractivity contribution is -0.122. The first kappa shape index (κ1) is 14.0. The van der Waals surface area contributed by atoms with Crippen molar-refractivity contribution in [2.45, 2.75) is 26.4 Å². The number of nitrogens with one attached hydrogen (secondary N) is 1. The molecule has 0 fully saturated rings. The van der Waals surface area contributed by atoms with Crippen LogP contribution in [-0.2, 0) is 11.3 Å². The summed E-state index contributed by atoms with van der Waals surface area (Å²) >= 11 is 0. The molecule has 0 aliphatic heterocycles. The van der Waals surface area contributed by atoms with Crippen molar-refractivity contribution in [2.75, 3.05) is 6.61 Å². The number of aromatic nitrogens is 4. The number of nitrogens with zero attached hydrogens (tertiary/aromatic N) is 4. The van der Waals surface area contributed by atoms with Crippen molar-refractivity contribution < 1.29 is 9.53 Å². The second-order valence-corrected chi connectivity index (χ2v) is 4.30. The highest BCUT2D eigenvalue weighted by atomic mass is 16.5. The van der Waals surface area contributed by atoms with Gasteiger partial charge in [0, 0.05) is 0 Å². The quantitative estimate of drug-likeness (QED) is 0.848. The van der Waals surface area contributed by atoms with Crippen molar-refractivity contribution in [1.82, 2.24) is 25.5 Å². The van der Waals surface area contributed by atoms with Gasteiger partial charge in [0.25, 0.3) is 0 Å². The van der Waals surface area contributed by atoms with Crippen molar-refractivity contribution in [2.24, 2.45) is 0 Å². The van der Waals surface area contributed by atoms with Crippen LogP contribution in [-0.4, -0.2) is 32.7 Å². The van der Waals surface area contributed by atoms with Crippen LogP contribution in [0.4, 0.5) is 0 Å². The summed E-state index contributed by atoms with van der Waals surface area (Å²) in [5, 5.41) is 13.5. The molecule has 0 aliphatic rings. The number of amides is 1. The molecule has 0 aliphatic carbocycles. The van der Waals surface area contributed by atoms with Crippen LogP contribution in [0.15, 0.2) is 30.6 Å². The van der Waals surface area contributed by atoms with Crippen LogP contribution in [0.1, 0.15) is 25.5 Å². The Balaban J connectivity index is 1.90. The third-order valence-electron chi connectivity index (χ3n) is 2.77. The molecular formula is C13H17N5O2. The Morgan fingerprint density at radius 3 is 2.75 bits per heavy atom. The Kier molecular flexibility index (Phi) is 4.65. The molecule has 106 valence electrons. The van der Waals surface area contributed by atoms with Gasteiger partial charge in [-0.3, -0.25) is 4.79 Å². The highest BCUT2D eigenvalue weighted by Crippen LogP contribution is 2.17. The molecule has 1 heterocycles. The summed E-state index contributed by atoms with van der Waals surface area (Å²) in [5.74, 6) is 0.683. The third kappa shape index (κ3) is 3.78. The lowest BCUT2D eigenvalue weighted by Gasteiger charge is -2.14. The van der Waals surface area contributed by atoms with Crippen molar-refractivity contribution in [3.05, 3.63) is 36.2 Å². The van der Waals surface area contributed by atoms with Gasteiger partial charge in [0.2, 0.25) is 5.91 Å². The van der Waals surface area contributed by atoms with Crippen LogP contribution in [0.2, 0.25) is 0 Å². The number of rotatable bonds is 6. The Morgan fingerprint density at radius 2 is 2.15 bits per heavy atom. The van der Waals surface area contributed by atoms with E-state index in [9.17, 15) is 4.79 Å². The molecular weight excluding hydrogens is 258 g/mol. The monoisotopic (exact) mass is 275 g/mol. The van der Waals surface area contributed by atoms with E-state index in [-0.39, 0.29) is 18.5 Å². The summed E-state index contributed by atoms with van der Waals surface area (Å²) in [6.07, 6.45) is 1.40. The van der Waals surface area contributed by atoms with Gasteiger partial charge in [-0.2, -0.15) is 0 Å². The third-order valence-corrected chi connectivity index (χ3v) is 2.77. The molecule has 0 saturated carbocycles. The van der Waals surface area contributed by atoms with E-state index in [2.05, 4.69) is 20.8 Å². The summed E-state index contributed by atoms with van der Waals surface area (Å²) in [5.41, 5.74) is 1.01. The summed E-state index contributed by atoms with van der Waals surface area (Å²) in [6.45, 7) is 4.61. The largest absolute Gasteiger partial charge is 0.494 e. The van der Waals surface area contributed by atoms with Gasteiger partial charge in [-0.05, 0) is 42.0 Å². The van der Waals surface area contributed by atoms with E-state index >= 15 is 0 Å². The van der Waals surface area contributed by atoms with Crippen molar-refractivity contribution in [3.8, 4) is 5.75 Å². The van der Waals surface area contributed by atoms with E-state index < -0.39 is 0 Å². The zero-order valence-corrected chi connectivity index (χ0v) is 11.5. The minimum absolute atomic E-state index is 0.0883. The van der Waals surface area contributed by atoms with E-state index in [4.69, 9.17) is 4.74 Å². The first-order chi connectivity index (χ1) is 9.69. The summed E-state index contributed by atoms with van der Waals surface area (Å²) in [6, 6.07) is 7.57. The predicted molar refractivity (Wildman–Crippen MR) is 72.0 cm³/mol. The average molecular weight is 275 g/mol. The maximum absolute atomic E-state index is 11.8. The van der Waals surface area contributed by atoms with E-state index in [1.807, 2.05) is 38.1 Å². The number of ether oxygens (including phenoxy) is 1. The zero-order chi connectivity index (χ0) is 14.4. The summed E-state index contributed by atoms with van der Waals surface area (Å²) in [7, 11) is 0. The lowest BCUT2D eigenvalue weighted by atomic mass is 10.1. The summed E-state index contributed by atoms with van der Waals surface area (Å²) < 4.78 is 6.75. The smallest absolute Gasteiger partial charge is 0.242 e. The van der Waals surface area contributed by atoms with E-state index in [1.165, 1.54) is 11.0 Å². The average Bonchev–Trinajstić information content (AvgIpc) is 2.92. The number of carbonyl (C=O) groups excluding carboxylic acids is 1. The van der Waals surface area contributed by atoms with Crippen molar-refractivity contribution in [3.63, 3.8) is 0 Å². The van der Waals surface area contributed by atoms with Gasteiger partial charge in [-0.25, -0.2) is 4.68 Å². The van der Waals surface area contributed by atoms with Gasteiger partial charge in [-0.1, -0.05) is 12.1 Å². The highest BCUT2D eigenvalue weighted by Gasteiger charge is 2.10. The maximum Gasteiger partial charge on any atom is 0.242 e. The second kappa shape index (κ2) is 6.65. The molecule has 0 unspecified atom stereocenters. The molecule has 7 nitrogen and oxygen atoms in total. The maximum atomic E-state index is 11.8. The van der Waals surface area contributed by atoms with Crippen LogP contribution in [0.5, 0.6) is 5.75 Å². The Labute approximate surface area is 116 Å². The van der Waals surface area contributed by atoms with Gasteiger partial charge in [0.15, 0.2) is 0 Å². The first-order valence-corrected chi connectivity index (χ1v) is 6.42. The van der Waals surface area contributed by atoms with Crippen LogP contribution < -0.4 is 10.1 Å². The molecule has 7 heteroatoms. The molecule has 0 radical (unpaired) electrons. The Bertz CT molecular complexity index is 538. The predicted octanol–water partition coefficient (Wildman–Crippen LogP) is 0.949. The fourth-order valence-corrected chi connectivity index (χ4v) is 1.79. The van der Waals surface area contributed by atoms with Crippen molar-refractivity contribution in [1.29, 1.82) is 0 Å². The zero-order valence-electron chi connectivity index (χ0n) is 11.5. The minimum atomic E-state index is -0.140. The molecule has 1 amide bonds. The fourth-order valence-electron chi connectivity index (χ4n) is 1.79. The molecule has 1 aromatic heterocycles. The molecule has 2 rings (SSSR count). The van der Waals surface area contributed by atoms with Gasteiger partial charge < -0.3 is 10.1 Å².